The zero-order valence-corrected chi connectivity index (χ0v) is 17.0. The quantitative estimate of drug-likeness (QED) is 0.734. The van der Waals surface area contributed by atoms with Gasteiger partial charge in [0.2, 0.25) is 5.91 Å². The highest BCUT2D eigenvalue weighted by atomic mass is 32.2. The minimum absolute atomic E-state index is 0.0296. The summed E-state index contributed by atoms with van der Waals surface area (Å²) in [7, 11) is 1.93. The van der Waals surface area contributed by atoms with Crippen LogP contribution in [0, 0.1) is 0 Å². The zero-order valence-electron chi connectivity index (χ0n) is 16.2. The molecule has 1 aliphatic heterocycles. The summed E-state index contributed by atoms with van der Waals surface area (Å²) in [5.41, 5.74) is 0.675. The highest BCUT2D eigenvalue weighted by molar-refractivity contribution is 8.00. The van der Waals surface area contributed by atoms with Gasteiger partial charge in [-0.3, -0.25) is 9.59 Å². The lowest BCUT2D eigenvalue weighted by molar-refractivity contribution is -0.129. The zero-order chi connectivity index (χ0) is 19.1. The van der Waals surface area contributed by atoms with Crippen molar-refractivity contribution in [2.75, 3.05) is 25.9 Å². The smallest absolute Gasteiger partial charge is 0.252 e. The summed E-state index contributed by atoms with van der Waals surface area (Å²) in [5, 5.41) is 6.46. The van der Waals surface area contributed by atoms with E-state index in [1.54, 1.807) is 0 Å². The summed E-state index contributed by atoms with van der Waals surface area (Å²) in [6.45, 7) is 1.90. The van der Waals surface area contributed by atoms with Crippen molar-refractivity contribution in [3.8, 4) is 0 Å². The number of hydrogen-bond donors (Lipinski definition) is 2. The molecule has 1 aromatic carbocycles. The molecule has 0 atom stereocenters. The van der Waals surface area contributed by atoms with Gasteiger partial charge >= 0.3 is 0 Å². The third kappa shape index (κ3) is 5.72. The van der Waals surface area contributed by atoms with Gasteiger partial charge in [-0.05, 0) is 50.9 Å². The molecule has 1 aromatic rings. The van der Waals surface area contributed by atoms with Crippen LogP contribution >= 0.6 is 11.8 Å². The first-order valence-electron chi connectivity index (χ1n) is 10.1. The number of benzene rings is 1. The Morgan fingerprint density at radius 2 is 1.81 bits per heavy atom. The van der Waals surface area contributed by atoms with Crippen LogP contribution in [0.5, 0.6) is 0 Å². The molecule has 1 saturated carbocycles. The Morgan fingerprint density at radius 1 is 1.11 bits per heavy atom. The van der Waals surface area contributed by atoms with Gasteiger partial charge in [0.25, 0.3) is 5.91 Å². The molecule has 0 radical (unpaired) electrons. The van der Waals surface area contributed by atoms with Gasteiger partial charge in [-0.1, -0.05) is 31.4 Å². The lowest BCUT2D eigenvalue weighted by atomic mass is 9.94. The standard InChI is InChI=1S/C21H31N3O2S/c1-24(17-7-3-2-4-8-17)20(25)15-27-19-10-6-5-9-18(19)21(26)23-16-11-13-22-14-12-16/h5-6,9-10,16-17,22H,2-4,7-8,11-15H2,1H3,(H,23,26). The van der Waals surface area contributed by atoms with Gasteiger partial charge in [0.15, 0.2) is 0 Å². The van der Waals surface area contributed by atoms with E-state index in [-0.39, 0.29) is 17.9 Å². The molecule has 0 spiro atoms. The first-order chi connectivity index (χ1) is 13.1. The predicted octanol–water partition coefficient (Wildman–Crippen LogP) is 3.05. The van der Waals surface area contributed by atoms with Gasteiger partial charge in [-0.2, -0.15) is 0 Å². The number of amides is 2. The van der Waals surface area contributed by atoms with Crippen molar-refractivity contribution in [1.82, 2.24) is 15.5 Å². The molecule has 6 heteroatoms. The van der Waals surface area contributed by atoms with Crippen LogP contribution in [0.4, 0.5) is 0 Å². The molecule has 27 heavy (non-hydrogen) atoms. The lowest BCUT2D eigenvalue weighted by Crippen LogP contribution is -2.42. The molecule has 5 nitrogen and oxygen atoms in total. The average Bonchev–Trinajstić information content (AvgIpc) is 2.73. The van der Waals surface area contributed by atoms with Crippen molar-refractivity contribution in [2.45, 2.75) is 61.9 Å². The SMILES string of the molecule is CN(C(=O)CSc1ccccc1C(=O)NC1CCNCC1)C1CCCCC1. The second-order valence-electron chi connectivity index (χ2n) is 7.58. The average molecular weight is 390 g/mol. The summed E-state index contributed by atoms with van der Waals surface area (Å²) in [4.78, 5) is 28.1. The highest BCUT2D eigenvalue weighted by Crippen LogP contribution is 2.26. The van der Waals surface area contributed by atoms with Crippen molar-refractivity contribution >= 4 is 23.6 Å². The molecule has 1 aliphatic carbocycles. The number of nitrogens with zero attached hydrogens (tertiary/aromatic N) is 1. The van der Waals surface area contributed by atoms with Crippen molar-refractivity contribution in [2.24, 2.45) is 0 Å². The molecule has 0 aromatic heterocycles. The van der Waals surface area contributed by atoms with Crippen molar-refractivity contribution < 1.29 is 9.59 Å². The number of thioether (sulfide) groups is 1. The fraction of sp³-hybridized carbons (Fsp3) is 0.619. The second kappa shape index (κ2) is 10.1. The monoisotopic (exact) mass is 389 g/mol. The van der Waals surface area contributed by atoms with E-state index in [0.717, 1.165) is 43.7 Å². The lowest BCUT2D eigenvalue weighted by Gasteiger charge is -2.31. The second-order valence-corrected chi connectivity index (χ2v) is 8.60. The number of rotatable bonds is 6. The first kappa shape index (κ1) is 20.2. The van der Waals surface area contributed by atoms with Gasteiger partial charge in [-0.15, -0.1) is 11.8 Å². The van der Waals surface area contributed by atoms with Crippen LogP contribution in [0.1, 0.15) is 55.3 Å². The van der Waals surface area contributed by atoms with E-state index in [1.807, 2.05) is 36.2 Å². The van der Waals surface area contributed by atoms with Crippen LogP contribution in [0.15, 0.2) is 29.2 Å². The first-order valence-corrected chi connectivity index (χ1v) is 11.1. The maximum absolute atomic E-state index is 12.7. The minimum Gasteiger partial charge on any atom is -0.349 e. The van der Waals surface area contributed by atoms with Crippen LogP contribution in [0.25, 0.3) is 0 Å². The molecular formula is C21H31N3O2S. The molecule has 2 fully saturated rings. The van der Waals surface area contributed by atoms with Crippen molar-refractivity contribution in [3.63, 3.8) is 0 Å². The highest BCUT2D eigenvalue weighted by Gasteiger charge is 2.23. The van der Waals surface area contributed by atoms with Crippen LogP contribution in [-0.4, -0.2) is 54.7 Å². The normalized spacial score (nSPS) is 18.9. The summed E-state index contributed by atoms with van der Waals surface area (Å²) in [6.07, 6.45) is 7.87. The molecule has 2 aliphatic rings. The van der Waals surface area contributed by atoms with Crippen LogP contribution in [0.2, 0.25) is 0 Å². The van der Waals surface area contributed by atoms with E-state index in [0.29, 0.717) is 17.4 Å². The van der Waals surface area contributed by atoms with Gasteiger partial charge in [-0.25, -0.2) is 0 Å². The Hall–Kier alpha value is -1.53. The van der Waals surface area contributed by atoms with Crippen LogP contribution in [0.3, 0.4) is 0 Å². The largest absolute Gasteiger partial charge is 0.349 e. The van der Waals surface area contributed by atoms with Crippen LogP contribution in [-0.2, 0) is 4.79 Å². The summed E-state index contributed by atoms with van der Waals surface area (Å²) >= 11 is 1.47. The van der Waals surface area contributed by atoms with E-state index >= 15 is 0 Å². The number of nitrogens with one attached hydrogen (secondary N) is 2. The van der Waals surface area contributed by atoms with E-state index in [1.165, 1.54) is 31.0 Å². The Labute approximate surface area is 166 Å². The van der Waals surface area contributed by atoms with E-state index < -0.39 is 0 Å². The Balaban J connectivity index is 1.56. The Morgan fingerprint density at radius 3 is 2.56 bits per heavy atom. The molecule has 1 saturated heterocycles. The van der Waals surface area contributed by atoms with Gasteiger partial charge < -0.3 is 15.5 Å². The van der Waals surface area contributed by atoms with Crippen LogP contribution < -0.4 is 10.6 Å². The van der Waals surface area contributed by atoms with Crippen molar-refractivity contribution in [3.05, 3.63) is 29.8 Å². The number of piperidine rings is 1. The van der Waals surface area contributed by atoms with E-state index in [9.17, 15) is 9.59 Å². The van der Waals surface area contributed by atoms with Gasteiger partial charge in [0.1, 0.15) is 0 Å². The van der Waals surface area contributed by atoms with Crippen molar-refractivity contribution in [1.29, 1.82) is 0 Å². The molecule has 2 amide bonds. The Kier molecular flexibility index (Phi) is 7.59. The number of carbonyl (C=O) groups is 2. The summed E-state index contributed by atoms with van der Waals surface area (Å²) in [6, 6.07) is 8.22. The maximum atomic E-state index is 12.7. The molecular weight excluding hydrogens is 358 g/mol. The molecule has 3 rings (SSSR count). The predicted molar refractivity (Wildman–Crippen MR) is 110 cm³/mol. The third-order valence-corrected chi connectivity index (χ3v) is 6.73. The van der Waals surface area contributed by atoms with E-state index in [2.05, 4.69) is 10.6 Å². The summed E-state index contributed by atoms with van der Waals surface area (Å²) in [5.74, 6) is 0.503. The molecule has 2 N–H and O–H groups in total. The maximum Gasteiger partial charge on any atom is 0.252 e. The summed E-state index contributed by atoms with van der Waals surface area (Å²) < 4.78 is 0. The molecule has 1 heterocycles. The fourth-order valence-corrected chi connectivity index (χ4v) is 4.90. The number of hydrogen-bond acceptors (Lipinski definition) is 4. The minimum atomic E-state index is -0.0296. The molecule has 0 bridgehead atoms. The third-order valence-electron chi connectivity index (χ3n) is 5.67. The molecule has 148 valence electrons. The Bertz CT molecular complexity index is 640. The fourth-order valence-electron chi connectivity index (χ4n) is 3.92. The molecule has 0 unspecified atom stereocenters. The van der Waals surface area contributed by atoms with Gasteiger partial charge in [0, 0.05) is 24.0 Å². The van der Waals surface area contributed by atoms with Gasteiger partial charge in [0.05, 0.1) is 11.3 Å². The topological polar surface area (TPSA) is 61.4 Å². The number of carbonyl (C=O) groups excluding carboxylic acids is 2. The van der Waals surface area contributed by atoms with E-state index in [4.69, 9.17) is 0 Å².